The van der Waals surface area contributed by atoms with Gasteiger partial charge in [0, 0.05) is 24.2 Å². The first kappa shape index (κ1) is 22.3. The zero-order valence-corrected chi connectivity index (χ0v) is 18.4. The minimum absolute atomic E-state index is 0.0435. The molecule has 32 heavy (non-hydrogen) atoms. The Kier molecular flexibility index (Phi) is 6.48. The summed E-state index contributed by atoms with van der Waals surface area (Å²) in [5.74, 6) is -1.62. The summed E-state index contributed by atoms with van der Waals surface area (Å²) in [6, 6.07) is 2.96. The maximum atomic E-state index is 15.0. The molecule has 4 rings (SSSR count). The molecule has 1 aromatic heterocycles. The molecule has 2 N–H and O–H groups in total. The van der Waals surface area contributed by atoms with Crippen LogP contribution in [0.4, 0.5) is 10.1 Å². The molecule has 0 spiro atoms. The molecular formula is C24H30FN3O4. The molecule has 2 saturated carbocycles. The summed E-state index contributed by atoms with van der Waals surface area (Å²) >= 11 is 0. The van der Waals surface area contributed by atoms with Crippen LogP contribution in [-0.2, 0) is 11.3 Å². The number of hydrogen-bond donors (Lipinski definition) is 2. The number of aromatic nitrogens is 2. The highest BCUT2D eigenvalue weighted by molar-refractivity contribution is 5.85. The fourth-order valence-corrected chi connectivity index (χ4v) is 4.97. The normalized spacial score (nSPS) is 18.4. The van der Waals surface area contributed by atoms with Crippen molar-refractivity contribution in [3.8, 4) is 0 Å². The van der Waals surface area contributed by atoms with Crippen LogP contribution in [0.2, 0.25) is 0 Å². The van der Waals surface area contributed by atoms with Crippen LogP contribution >= 0.6 is 0 Å². The van der Waals surface area contributed by atoms with Crippen molar-refractivity contribution in [2.75, 3.05) is 5.32 Å². The molecule has 172 valence electrons. The predicted octanol–water partition coefficient (Wildman–Crippen LogP) is 4.19. The summed E-state index contributed by atoms with van der Waals surface area (Å²) in [5.41, 5.74) is -0.256. The van der Waals surface area contributed by atoms with Crippen molar-refractivity contribution < 1.29 is 14.3 Å². The zero-order chi connectivity index (χ0) is 22.8. The van der Waals surface area contributed by atoms with Gasteiger partial charge in [-0.2, -0.15) is 0 Å². The van der Waals surface area contributed by atoms with E-state index in [0.717, 1.165) is 55.9 Å². The molecule has 2 aliphatic rings. The highest BCUT2D eigenvalue weighted by Gasteiger charge is 2.25. The van der Waals surface area contributed by atoms with Crippen LogP contribution in [0, 0.1) is 5.82 Å². The van der Waals surface area contributed by atoms with Crippen LogP contribution in [0.15, 0.2) is 33.4 Å². The van der Waals surface area contributed by atoms with Crippen LogP contribution in [0.1, 0.15) is 70.8 Å². The minimum Gasteiger partial charge on any atom is -0.478 e. The van der Waals surface area contributed by atoms with Gasteiger partial charge in [0.25, 0.3) is 5.56 Å². The van der Waals surface area contributed by atoms with Crippen LogP contribution in [0.25, 0.3) is 10.9 Å². The number of allylic oxidation sites excluding steroid dienone is 1. The number of hydrogen-bond acceptors (Lipinski definition) is 4. The van der Waals surface area contributed by atoms with Gasteiger partial charge in [0.2, 0.25) is 0 Å². The van der Waals surface area contributed by atoms with Crippen LogP contribution in [0.5, 0.6) is 0 Å². The Bertz CT molecular complexity index is 1170. The quantitative estimate of drug-likeness (QED) is 0.653. The summed E-state index contributed by atoms with van der Waals surface area (Å²) in [6.07, 6.45) is 10.3. The van der Waals surface area contributed by atoms with E-state index in [-0.39, 0.29) is 29.6 Å². The Labute approximate surface area is 185 Å². The Morgan fingerprint density at radius 2 is 1.78 bits per heavy atom. The van der Waals surface area contributed by atoms with E-state index in [1.165, 1.54) is 25.5 Å². The monoisotopic (exact) mass is 443 g/mol. The molecular weight excluding hydrogens is 413 g/mol. The Balaban J connectivity index is 1.86. The number of aliphatic carboxylic acids is 1. The van der Waals surface area contributed by atoms with Gasteiger partial charge in [-0.25, -0.2) is 14.0 Å². The first-order valence-electron chi connectivity index (χ1n) is 11.5. The molecule has 2 aliphatic carbocycles. The van der Waals surface area contributed by atoms with E-state index in [1.807, 2.05) is 0 Å². The van der Waals surface area contributed by atoms with Gasteiger partial charge in [-0.15, -0.1) is 0 Å². The van der Waals surface area contributed by atoms with Gasteiger partial charge in [-0.05, 0) is 44.7 Å². The number of carbonyl (C=O) groups is 1. The van der Waals surface area contributed by atoms with Gasteiger partial charge in [-0.3, -0.25) is 13.9 Å². The number of nitrogens with one attached hydrogen (secondary N) is 1. The molecule has 0 bridgehead atoms. The van der Waals surface area contributed by atoms with E-state index >= 15 is 4.39 Å². The molecule has 0 amide bonds. The number of halogens is 1. The van der Waals surface area contributed by atoms with Crippen molar-refractivity contribution in [2.45, 2.75) is 83.3 Å². The fraction of sp³-hybridized carbons (Fsp3) is 0.542. The van der Waals surface area contributed by atoms with Gasteiger partial charge >= 0.3 is 11.7 Å². The number of benzene rings is 1. The van der Waals surface area contributed by atoms with Crippen molar-refractivity contribution >= 4 is 22.6 Å². The maximum Gasteiger partial charge on any atom is 0.332 e. The average Bonchev–Trinajstić information content (AvgIpc) is 3.30. The average molecular weight is 444 g/mol. The van der Waals surface area contributed by atoms with Crippen molar-refractivity contribution in [3.05, 3.63) is 50.4 Å². The van der Waals surface area contributed by atoms with Gasteiger partial charge in [-0.1, -0.05) is 38.2 Å². The summed E-state index contributed by atoms with van der Waals surface area (Å²) in [7, 11) is 0. The number of nitrogens with zero attached hydrogens (tertiary/aromatic N) is 2. The summed E-state index contributed by atoms with van der Waals surface area (Å²) in [6.45, 7) is 1.24. The Morgan fingerprint density at radius 1 is 1.12 bits per heavy atom. The van der Waals surface area contributed by atoms with Crippen molar-refractivity contribution in [1.29, 1.82) is 0 Å². The zero-order valence-electron chi connectivity index (χ0n) is 18.4. The smallest absolute Gasteiger partial charge is 0.332 e. The fourth-order valence-electron chi connectivity index (χ4n) is 4.97. The van der Waals surface area contributed by atoms with Crippen molar-refractivity contribution in [1.82, 2.24) is 9.13 Å². The van der Waals surface area contributed by atoms with Crippen LogP contribution < -0.4 is 16.6 Å². The Hall–Kier alpha value is -2.90. The van der Waals surface area contributed by atoms with E-state index in [9.17, 15) is 14.4 Å². The molecule has 2 fully saturated rings. The lowest BCUT2D eigenvalue weighted by atomic mass is 9.95. The third-order valence-corrected chi connectivity index (χ3v) is 6.83. The van der Waals surface area contributed by atoms with Crippen molar-refractivity contribution in [2.24, 2.45) is 0 Å². The Morgan fingerprint density at radius 3 is 2.44 bits per heavy atom. The lowest BCUT2D eigenvalue weighted by Crippen LogP contribution is -2.41. The highest BCUT2D eigenvalue weighted by atomic mass is 19.1. The second kappa shape index (κ2) is 9.30. The third-order valence-electron chi connectivity index (χ3n) is 6.83. The molecule has 1 heterocycles. The molecule has 8 heteroatoms. The standard InChI is InChI=1S/C24H30FN3O4/c1-15(23(30)31)11-12-27-22(29)18-13-19(25)20(26-16-7-3-2-4-8-16)14-21(18)28(24(27)32)17-9-5-6-10-17/h11,13-14,16-17,26H,2-10,12H2,1H3,(H,30,31)/b15-11+. The van der Waals surface area contributed by atoms with E-state index in [2.05, 4.69) is 5.32 Å². The largest absolute Gasteiger partial charge is 0.478 e. The highest BCUT2D eigenvalue weighted by Crippen LogP contribution is 2.32. The molecule has 2 aromatic rings. The lowest BCUT2D eigenvalue weighted by Gasteiger charge is -2.25. The summed E-state index contributed by atoms with van der Waals surface area (Å²) in [4.78, 5) is 37.7. The van der Waals surface area contributed by atoms with E-state index in [0.29, 0.717) is 11.2 Å². The molecule has 0 saturated heterocycles. The van der Waals surface area contributed by atoms with Gasteiger partial charge in [0.05, 0.1) is 16.6 Å². The first-order valence-corrected chi connectivity index (χ1v) is 11.5. The molecule has 0 aliphatic heterocycles. The van der Waals surface area contributed by atoms with Gasteiger partial charge in [0.15, 0.2) is 0 Å². The van der Waals surface area contributed by atoms with Crippen LogP contribution in [-0.4, -0.2) is 26.3 Å². The van der Waals surface area contributed by atoms with E-state index in [4.69, 9.17) is 5.11 Å². The summed E-state index contributed by atoms with van der Waals surface area (Å²) in [5, 5.41) is 12.5. The molecule has 1 aromatic carbocycles. The molecule has 0 atom stereocenters. The SMILES string of the molecule is C/C(=C\Cn1c(=O)c2cc(F)c(NC3CCCCC3)cc2n(C2CCCC2)c1=O)C(=O)O. The third kappa shape index (κ3) is 4.36. The number of fused-ring (bicyclic) bond motifs is 1. The predicted molar refractivity (Wildman–Crippen MR) is 122 cm³/mol. The van der Waals surface area contributed by atoms with Gasteiger partial charge in [0.1, 0.15) is 5.82 Å². The van der Waals surface area contributed by atoms with Crippen LogP contribution in [0.3, 0.4) is 0 Å². The van der Waals surface area contributed by atoms with Gasteiger partial charge < -0.3 is 10.4 Å². The second-order valence-corrected chi connectivity index (χ2v) is 9.03. The lowest BCUT2D eigenvalue weighted by molar-refractivity contribution is -0.132. The second-order valence-electron chi connectivity index (χ2n) is 9.03. The maximum absolute atomic E-state index is 15.0. The topological polar surface area (TPSA) is 93.3 Å². The number of carboxylic acids is 1. The van der Waals surface area contributed by atoms with E-state index in [1.54, 1.807) is 10.6 Å². The minimum atomic E-state index is -1.11. The first-order chi connectivity index (χ1) is 15.4. The number of carboxylic acid groups (broad SMARTS) is 1. The number of anilines is 1. The molecule has 7 nitrogen and oxygen atoms in total. The molecule has 0 unspecified atom stereocenters. The van der Waals surface area contributed by atoms with E-state index < -0.39 is 23.0 Å². The number of rotatable bonds is 6. The van der Waals surface area contributed by atoms with Crippen molar-refractivity contribution in [3.63, 3.8) is 0 Å². The molecule has 0 radical (unpaired) electrons. The summed E-state index contributed by atoms with van der Waals surface area (Å²) < 4.78 is 17.7.